The van der Waals surface area contributed by atoms with Gasteiger partial charge >= 0.3 is 7.60 Å². The van der Waals surface area contributed by atoms with Crippen LogP contribution in [0.1, 0.15) is 12.5 Å². The molecule has 1 aliphatic rings. The van der Waals surface area contributed by atoms with Crippen LogP contribution in [0.25, 0.3) is 27.9 Å². The molecule has 2 heterocycles. The molecule has 1 aliphatic heterocycles. The maximum absolute atomic E-state index is 12.4. The van der Waals surface area contributed by atoms with Crippen LogP contribution in [0, 0.1) is 0 Å². The van der Waals surface area contributed by atoms with Crippen LogP contribution in [0.5, 0.6) is 0 Å². The summed E-state index contributed by atoms with van der Waals surface area (Å²) in [5.41, 5.74) is 2.95. The van der Waals surface area contributed by atoms with E-state index in [1.165, 1.54) is 6.08 Å². The number of hydrogen-bond donors (Lipinski definition) is 2. The van der Waals surface area contributed by atoms with Gasteiger partial charge in [0.15, 0.2) is 5.76 Å². The summed E-state index contributed by atoms with van der Waals surface area (Å²) in [5, 5.41) is 1.90. The molecule has 1 amide bonds. The van der Waals surface area contributed by atoms with Gasteiger partial charge in [-0.3, -0.25) is 14.3 Å². The predicted octanol–water partition coefficient (Wildman–Crippen LogP) is 3.43. The molecule has 0 radical (unpaired) electrons. The Bertz CT molecular complexity index is 1210. The van der Waals surface area contributed by atoms with Crippen molar-refractivity contribution >= 4 is 58.8 Å². The first-order valence-electron chi connectivity index (χ1n) is 8.59. The fourth-order valence-electron chi connectivity index (χ4n) is 3.46. The molecule has 2 aromatic carbocycles. The van der Waals surface area contributed by atoms with Gasteiger partial charge in [0.05, 0.1) is 0 Å². The van der Waals surface area contributed by atoms with Crippen molar-refractivity contribution in [1.82, 2.24) is 9.47 Å². The number of rotatable bonds is 4. The minimum Gasteiger partial charge on any atom is -0.426 e. The Kier molecular flexibility index (Phi) is 4.59. The zero-order valence-corrected chi connectivity index (χ0v) is 16.6. The maximum atomic E-state index is 12.4. The minimum atomic E-state index is -4.45. The van der Waals surface area contributed by atoms with E-state index in [-0.39, 0.29) is 10.9 Å². The summed E-state index contributed by atoms with van der Waals surface area (Å²) in [6, 6.07) is 13.9. The van der Waals surface area contributed by atoms with Gasteiger partial charge in [0.1, 0.15) is 6.29 Å². The number of ether oxygens (including phenoxy) is 1. The molecular weight excluding hydrogens is 399 g/mol. The number of nitrogens with zero attached hydrogens (tertiary/aromatic N) is 2. The second-order valence-corrected chi connectivity index (χ2v) is 8.42. The first kappa shape index (κ1) is 18.8. The van der Waals surface area contributed by atoms with E-state index in [4.69, 9.17) is 26.7 Å². The SMILES string of the molecule is CCn1c2ccccc2c2cc(/C=C3/OC(=S)N(CP(=O)(O)O)C3=O)ccc21. The number of aryl methyl sites for hydroxylation is 1. The zero-order valence-electron chi connectivity index (χ0n) is 14.9. The van der Waals surface area contributed by atoms with Crippen LogP contribution in [0.15, 0.2) is 48.2 Å². The Morgan fingerprint density at radius 1 is 1.14 bits per heavy atom. The second-order valence-electron chi connectivity index (χ2n) is 6.45. The van der Waals surface area contributed by atoms with Crippen LogP contribution in [0.4, 0.5) is 0 Å². The number of carbonyl (C=O) groups is 1. The standard InChI is InChI=1S/C19H17N2O5PS/c1-2-20-15-6-4-3-5-13(15)14-9-12(7-8-16(14)20)10-17-18(22)21(19(28)26-17)11-27(23,24)25/h3-10H,2,11H2,1H3,(H2,23,24,25)/b17-10+. The molecule has 144 valence electrons. The van der Waals surface area contributed by atoms with Crippen LogP contribution in [0.2, 0.25) is 0 Å². The van der Waals surface area contributed by atoms with Crippen LogP contribution < -0.4 is 0 Å². The Labute approximate surface area is 166 Å². The van der Waals surface area contributed by atoms with E-state index in [9.17, 15) is 9.36 Å². The van der Waals surface area contributed by atoms with E-state index >= 15 is 0 Å². The number of thiocarbonyl (C=S) groups is 1. The van der Waals surface area contributed by atoms with Gasteiger partial charge in [0.2, 0.25) is 0 Å². The van der Waals surface area contributed by atoms with Crippen molar-refractivity contribution in [3.63, 3.8) is 0 Å². The molecule has 1 aromatic heterocycles. The molecule has 1 saturated heterocycles. The minimum absolute atomic E-state index is 0.0583. The van der Waals surface area contributed by atoms with E-state index in [0.717, 1.165) is 38.8 Å². The number of fused-ring (bicyclic) bond motifs is 3. The lowest BCUT2D eigenvalue weighted by atomic mass is 10.1. The summed E-state index contributed by atoms with van der Waals surface area (Å²) in [6.07, 6.45) is 0.733. The number of carbonyl (C=O) groups excluding carboxylic acids is 1. The smallest absolute Gasteiger partial charge is 0.345 e. The number of amides is 1. The van der Waals surface area contributed by atoms with Crippen molar-refractivity contribution in [2.45, 2.75) is 13.5 Å². The molecule has 0 atom stereocenters. The van der Waals surface area contributed by atoms with E-state index in [2.05, 4.69) is 23.6 Å². The highest BCUT2D eigenvalue weighted by Gasteiger charge is 2.37. The topological polar surface area (TPSA) is 92.0 Å². The monoisotopic (exact) mass is 416 g/mol. The van der Waals surface area contributed by atoms with Crippen molar-refractivity contribution in [3.8, 4) is 0 Å². The molecule has 3 aromatic rings. The molecule has 0 saturated carbocycles. The highest BCUT2D eigenvalue weighted by molar-refractivity contribution is 7.80. The number of para-hydroxylation sites is 1. The van der Waals surface area contributed by atoms with Gasteiger partial charge in [-0.15, -0.1) is 0 Å². The lowest BCUT2D eigenvalue weighted by Crippen LogP contribution is -2.29. The normalized spacial score (nSPS) is 16.5. The summed E-state index contributed by atoms with van der Waals surface area (Å²) in [6.45, 7) is 2.92. The Morgan fingerprint density at radius 3 is 2.57 bits per heavy atom. The summed E-state index contributed by atoms with van der Waals surface area (Å²) in [4.78, 5) is 31.4. The van der Waals surface area contributed by atoms with Crippen LogP contribution in [0.3, 0.4) is 0 Å². The van der Waals surface area contributed by atoms with Crippen molar-refractivity contribution in [3.05, 3.63) is 53.8 Å². The third-order valence-corrected chi connectivity index (χ3v) is 5.56. The van der Waals surface area contributed by atoms with E-state index in [0.29, 0.717) is 0 Å². The van der Waals surface area contributed by atoms with Gasteiger partial charge in [-0.25, -0.2) is 0 Å². The number of aromatic nitrogens is 1. The molecule has 7 nitrogen and oxygen atoms in total. The predicted molar refractivity (Wildman–Crippen MR) is 111 cm³/mol. The zero-order chi connectivity index (χ0) is 20.1. The fraction of sp³-hybridized carbons (Fsp3) is 0.158. The first-order chi connectivity index (χ1) is 13.3. The molecule has 0 aliphatic carbocycles. The van der Waals surface area contributed by atoms with Gasteiger partial charge in [-0.2, -0.15) is 0 Å². The summed E-state index contributed by atoms with van der Waals surface area (Å²) < 4.78 is 18.7. The van der Waals surface area contributed by atoms with E-state index in [1.807, 2.05) is 30.3 Å². The maximum Gasteiger partial charge on any atom is 0.345 e. The van der Waals surface area contributed by atoms with Gasteiger partial charge in [-0.05, 0) is 49.0 Å². The third kappa shape index (κ3) is 3.25. The fourth-order valence-corrected chi connectivity index (χ4v) is 4.42. The van der Waals surface area contributed by atoms with Gasteiger partial charge < -0.3 is 19.1 Å². The molecule has 2 N–H and O–H groups in total. The number of benzene rings is 2. The van der Waals surface area contributed by atoms with Gasteiger partial charge in [0, 0.05) is 28.4 Å². The largest absolute Gasteiger partial charge is 0.426 e. The Morgan fingerprint density at radius 2 is 1.86 bits per heavy atom. The summed E-state index contributed by atoms with van der Waals surface area (Å²) >= 11 is 4.93. The van der Waals surface area contributed by atoms with Gasteiger partial charge in [-0.1, -0.05) is 24.3 Å². The molecule has 9 heteroatoms. The summed E-state index contributed by atoms with van der Waals surface area (Å²) in [7, 11) is -4.45. The quantitative estimate of drug-likeness (QED) is 0.385. The summed E-state index contributed by atoms with van der Waals surface area (Å²) in [5.74, 6) is -0.721. The second kappa shape index (κ2) is 6.83. The molecule has 4 rings (SSSR count). The van der Waals surface area contributed by atoms with Crippen LogP contribution in [-0.2, 0) is 20.6 Å². The highest BCUT2D eigenvalue weighted by Crippen LogP contribution is 2.38. The van der Waals surface area contributed by atoms with Crippen LogP contribution >= 0.6 is 19.8 Å². The van der Waals surface area contributed by atoms with Crippen molar-refractivity contribution < 1.29 is 23.9 Å². The van der Waals surface area contributed by atoms with Crippen molar-refractivity contribution in [1.29, 1.82) is 0 Å². The highest BCUT2D eigenvalue weighted by atomic mass is 32.1. The average molecular weight is 416 g/mol. The third-order valence-electron chi connectivity index (χ3n) is 4.61. The molecule has 0 unspecified atom stereocenters. The molecule has 0 spiro atoms. The van der Waals surface area contributed by atoms with Crippen molar-refractivity contribution in [2.24, 2.45) is 0 Å². The molecular formula is C19H17N2O5PS. The molecule has 0 bridgehead atoms. The van der Waals surface area contributed by atoms with E-state index in [1.54, 1.807) is 0 Å². The Hall–Kier alpha value is -2.51. The van der Waals surface area contributed by atoms with E-state index < -0.39 is 19.8 Å². The Balaban J connectivity index is 1.76. The first-order valence-corrected chi connectivity index (χ1v) is 10.8. The number of hydrogen-bond acceptors (Lipinski definition) is 4. The van der Waals surface area contributed by atoms with Crippen molar-refractivity contribution in [2.75, 3.05) is 6.29 Å². The lowest BCUT2D eigenvalue weighted by Gasteiger charge is -2.12. The van der Waals surface area contributed by atoms with Crippen LogP contribution in [-0.4, -0.2) is 36.6 Å². The lowest BCUT2D eigenvalue weighted by molar-refractivity contribution is -0.122. The molecule has 28 heavy (non-hydrogen) atoms. The molecule has 1 fully saturated rings. The average Bonchev–Trinajstić information content (AvgIpc) is 3.09. The van der Waals surface area contributed by atoms with Gasteiger partial charge in [0.25, 0.3) is 11.1 Å².